The van der Waals surface area contributed by atoms with E-state index in [-0.39, 0.29) is 66.5 Å². The van der Waals surface area contributed by atoms with Gasteiger partial charge in [-0.1, -0.05) is 66.2 Å². The Labute approximate surface area is 384 Å². The molecule has 0 aromatic heterocycles. The van der Waals surface area contributed by atoms with Gasteiger partial charge in [0, 0.05) is 53.3 Å². The van der Waals surface area contributed by atoms with Crippen LogP contribution in [-0.4, -0.2) is 39.5 Å². The second kappa shape index (κ2) is 18.7. The first-order chi connectivity index (χ1) is 28.4. The summed E-state index contributed by atoms with van der Waals surface area (Å²) >= 11 is 16.7. The molecule has 2 saturated carbocycles. The van der Waals surface area contributed by atoms with Crippen LogP contribution in [0.5, 0.6) is 11.5 Å². The number of sulfonamides is 2. The van der Waals surface area contributed by atoms with E-state index in [4.69, 9.17) is 32.7 Å². The molecule has 0 radical (unpaired) electrons. The van der Waals surface area contributed by atoms with E-state index in [1.807, 2.05) is 0 Å². The lowest BCUT2D eigenvalue weighted by atomic mass is 10.0. The van der Waals surface area contributed by atoms with Crippen molar-refractivity contribution in [2.24, 2.45) is 0 Å². The van der Waals surface area contributed by atoms with Gasteiger partial charge >= 0.3 is 0 Å². The minimum absolute atomic E-state index is 0.0126. The second-order valence-corrected chi connectivity index (χ2v) is 22.0. The molecule has 3 aliphatic rings. The number of nitrogens with one attached hydrogen (secondary N) is 2. The van der Waals surface area contributed by atoms with Crippen molar-refractivity contribution in [2.75, 3.05) is 22.7 Å². The van der Waals surface area contributed by atoms with E-state index in [1.165, 1.54) is 6.08 Å². The average molecular weight is 1130 g/mol. The van der Waals surface area contributed by atoms with Crippen LogP contribution in [0.2, 0.25) is 10.0 Å². The molecule has 1 heterocycles. The Hall–Kier alpha value is -3.04. The molecule has 320 valence electrons. The van der Waals surface area contributed by atoms with Gasteiger partial charge in [-0.2, -0.15) is 0 Å². The third kappa shape index (κ3) is 10.1. The van der Waals surface area contributed by atoms with E-state index in [0.717, 1.165) is 19.3 Å². The fraction of sp³-hybridized carbons (Fsp3) is 0.286. The van der Waals surface area contributed by atoms with E-state index in [1.54, 1.807) is 54.6 Å². The van der Waals surface area contributed by atoms with E-state index >= 15 is 0 Å². The molecular formula is C42H38Cl2F4I2N2O6S2. The lowest BCUT2D eigenvalue weighted by Crippen LogP contribution is -2.30. The second-order valence-electron chi connectivity index (χ2n) is 14.5. The van der Waals surface area contributed by atoms with Gasteiger partial charge in [0.15, 0.2) is 23.3 Å². The molecule has 2 aliphatic carbocycles. The highest BCUT2D eigenvalue weighted by Gasteiger charge is 2.55. The third-order valence-corrected chi connectivity index (χ3v) is 16.8. The summed E-state index contributed by atoms with van der Waals surface area (Å²) in [5.41, 5.74) is 0.558. The maximum atomic E-state index is 15.0. The van der Waals surface area contributed by atoms with Gasteiger partial charge in [0.25, 0.3) is 0 Å². The van der Waals surface area contributed by atoms with Crippen molar-refractivity contribution in [2.45, 2.75) is 60.9 Å². The topological polar surface area (TPSA) is 111 Å². The van der Waals surface area contributed by atoms with E-state index in [2.05, 4.69) is 67.8 Å². The van der Waals surface area contributed by atoms with E-state index in [9.17, 15) is 34.4 Å². The predicted octanol–water partition coefficient (Wildman–Crippen LogP) is 11.7. The van der Waals surface area contributed by atoms with Crippen LogP contribution in [0.3, 0.4) is 0 Å². The average Bonchev–Trinajstić information content (AvgIpc) is 4.13. The molecule has 1 spiro atoms. The number of ether oxygens (including phenoxy) is 2. The highest BCUT2D eigenvalue weighted by atomic mass is 127. The van der Waals surface area contributed by atoms with Crippen LogP contribution in [0.15, 0.2) is 86.0 Å². The van der Waals surface area contributed by atoms with Gasteiger partial charge in [-0.25, -0.2) is 34.4 Å². The normalized spacial score (nSPS) is 17.4. The Morgan fingerprint density at radius 3 is 1.98 bits per heavy atom. The lowest BCUT2D eigenvalue weighted by molar-refractivity contribution is 0.358. The summed E-state index contributed by atoms with van der Waals surface area (Å²) in [5, 5.41) is 0.753. The zero-order valence-electron chi connectivity index (χ0n) is 31.7. The van der Waals surface area contributed by atoms with Crippen LogP contribution in [0.25, 0.3) is 0 Å². The number of fused-ring (bicyclic) bond motifs is 1. The van der Waals surface area contributed by atoms with Crippen molar-refractivity contribution < 1.29 is 43.9 Å². The molecule has 60 heavy (non-hydrogen) atoms. The number of hydrogen-bond donors (Lipinski definition) is 2. The molecule has 0 atom stereocenters. The number of rotatable bonds is 12. The van der Waals surface area contributed by atoms with Gasteiger partial charge in [0.05, 0.1) is 20.9 Å². The van der Waals surface area contributed by atoms with Crippen LogP contribution in [0.4, 0.5) is 28.9 Å². The Kier molecular flexibility index (Phi) is 14.5. The molecule has 0 bridgehead atoms. The molecule has 7 rings (SSSR count). The zero-order valence-corrected chi connectivity index (χ0v) is 39.2. The summed E-state index contributed by atoms with van der Waals surface area (Å²) in [6, 6.07) is 12.1. The zero-order chi connectivity index (χ0) is 43.6. The minimum atomic E-state index is -3.92. The number of benzene rings is 4. The molecule has 2 N–H and O–H groups in total. The Balaban J connectivity index is 0.000000202. The molecule has 0 amide bonds. The van der Waals surface area contributed by atoms with Crippen molar-refractivity contribution in [3.63, 3.8) is 0 Å². The first kappa shape index (κ1) is 46.5. The van der Waals surface area contributed by atoms with Gasteiger partial charge in [-0.05, 0) is 119 Å². The molecule has 18 heteroatoms. The van der Waals surface area contributed by atoms with Crippen molar-refractivity contribution in [1.29, 1.82) is 0 Å². The number of allylic oxidation sites excluding steroid dienone is 2. The Bertz CT molecular complexity index is 2610. The molecule has 1 aliphatic heterocycles. The Morgan fingerprint density at radius 1 is 0.850 bits per heavy atom. The largest absolute Gasteiger partial charge is 0.487 e. The van der Waals surface area contributed by atoms with Crippen molar-refractivity contribution in [3.05, 3.63) is 149 Å². The first-order valence-corrected chi connectivity index (χ1v) is 24.3. The lowest BCUT2D eigenvalue weighted by Gasteiger charge is -2.23. The summed E-state index contributed by atoms with van der Waals surface area (Å²) in [5.74, 6) is -4.71. The fourth-order valence-electron chi connectivity index (χ4n) is 6.65. The number of hydrogen-bond acceptors (Lipinski definition) is 6. The molecule has 4 aromatic carbocycles. The van der Waals surface area contributed by atoms with E-state index in [0.29, 0.717) is 53.3 Å². The van der Waals surface area contributed by atoms with E-state index < -0.39 is 52.8 Å². The predicted molar refractivity (Wildman–Crippen MR) is 245 cm³/mol. The Morgan fingerprint density at radius 2 is 1.43 bits per heavy atom. The summed E-state index contributed by atoms with van der Waals surface area (Å²) in [7, 11) is -7.75. The third-order valence-electron chi connectivity index (χ3n) is 10.4. The van der Waals surface area contributed by atoms with Gasteiger partial charge in [-0.15, -0.1) is 6.58 Å². The maximum absolute atomic E-state index is 15.0. The van der Waals surface area contributed by atoms with Crippen LogP contribution < -0.4 is 18.9 Å². The van der Waals surface area contributed by atoms with Gasteiger partial charge in [0.2, 0.25) is 20.0 Å². The summed E-state index contributed by atoms with van der Waals surface area (Å²) in [6.45, 7) is 7.28. The molecule has 8 nitrogen and oxygen atoms in total. The summed E-state index contributed by atoms with van der Waals surface area (Å²) in [4.78, 5) is 0. The van der Waals surface area contributed by atoms with Gasteiger partial charge in [-0.3, -0.25) is 9.44 Å². The molecule has 0 unspecified atom stereocenters. The summed E-state index contributed by atoms with van der Waals surface area (Å²) < 4.78 is 127. The van der Waals surface area contributed by atoms with Crippen molar-refractivity contribution in [1.82, 2.24) is 0 Å². The van der Waals surface area contributed by atoms with Crippen molar-refractivity contribution in [3.8, 4) is 11.5 Å². The SMILES string of the molecule is C=CCOc1cc(F)c(F)c(Cc2ccc(I)cc2Cl)c1NS(=O)(=O)C1(CC=C)CC1.O=S1(=O)Nc2c(cc(F)c(F)c2Cc2ccc(I)cc2Cl)OC/C=C/CC12CC2. The summed E-state index contributed by atoms with van der Waals surface area (Å²) in [6.07, 6.45) is 8.76. The highest BCUT2D eigenvalue weighted by molar-refractivity contribution is 14.1. The standard InChI is InChI=1S/C22H21ClF2INO3S.C20H17ClF2INO3S/c1-3-7-22(8-9-22)31(28,29)27-21-16(11-14-5-6-15(26)12-17(14)23)20(25)18(24)13-19(21)30-10-4-2;21-15-10-13(24)4-3-12(15)9-14-18(23)16(22)11-17-19(14)25-29(26,27)20(6-7-20)5-1-2-8-28-17/h3-6,12-13,27H,1-2,7-11H2;1-4,10-11,25H,5-9H2/b;2-1+. The van der Waals surface area contributed by atoms with Gasteiger partial charge in [0.1, 0.15) is 24.7 Å². The highest BCUT2D eigenvalue weighted by Crippen LogP contribution is 2.50. The van der Waals surface area contributed by atoms with Crippen LogP contribution in [0, 0.1) is 30.4 Å². The molecule has 2 fully saturated rings. The molecule has 4 aromatic rings. The quantitative estimate of drug-likeness (QED) is 0.0831. The van der Waals surface area contributed by atoms with Gasteiger partial charge < -0.3 is 9.47 Å². The van der Waals surface area contributed by atoms with Crippen LogP contribution in [-0.2, 0) is 32.9 Å². The van der Waals surface area contributed by atoms with Crippen LogP contribution >= 0.6 is 68.4 Å². The smallest absolute Gasteiger partial charge is 0.238 e. The van der Waals surface area contributed by atoms with Crippen molar-refractivity contribution >= 4 is 99.8 Å². The first-order valence-electron chi connectivity index (χ1n) is 18.4. The minimum Gasteiger partial charge on any atom is -0.487 e. The molecular weight excluding hydrogens is 1090 g/mol. The maximum Gasteiger partial charge on any atom is 0.238 e. The number of halogens is 8. The van der Waals surface area contributed by atoms with Crippen LogP contribution in [0.1, 0.15) is 60.8 Å². The fourth-order valence-corrected chi connectivity index (χ4v) is 11.8. The number of anilines is 2. The monoisotopic (exact) mass is 1130 g/mol. The molecule has 0 saturated heterocycles.